The Morgan fingerprint density at radius 3 is 2.57 bits per heavy atom. The first-order valence-corrected chi connectivity index (χ1v) is 9.28. The van der Waals surface area contributed by atoms with E-state index in [1.54, 1.807) is 18.1 Å². The number of carbonyl (C=O) groups excluding carboxylic acids is 1. The molecule has 2 aromatic rings. The van der Waals surface area contributed by atoms with Gasteiger partial charge in [-0.1, -0.05) is 27.2 Å². The van der Waals surface area contributed by atoms with Crippen LogP contribution in [0.4, 0.5) is 26.1 Å². The van der Waals surface area contributed by atoms with Gasteiger partial charge < -0.3 is 15.3 Å². The molecule has 2 atom stereocenters. The molecule has 2 unspecified atom stereocenters. The largest absolute Gasteiger partial charge is 0.503 e. The number of aromatic nitrogens is 2. The van der Waals surface area contributed by atoms with Crippen LogP contribution in [0.1, 0.15) is 46.7 Å². The molecule has 0 bridgehead atoms. The second kappa shape index (κ2) is 7.69. The van der Waals surface area contributed by atoms with Gasteiger partial charge in [-0.05, 0) is 12.3 Å². The van der Waals surface area contributed by atoms with Gasteiger partial charge in [-0.25, -0.2) is 18.7 Å². The SMILES string of the molecule is CC(C)CCC1c2nc(Nc3cc(F)c(O)c(F)c3)ncc2N(C)C(=O)C1C.[HH]. The van der Waals surface area contributed by atoms with E-state index in [9.17, 15) is 18.7 Å². The smallest absolute Gasteiger partial charge is 0.230 e. The van der Waals surface area contributed by atoms with E-state index in [0.29, 0.717) is 11.6 Å². The fraction of sp³-hybridized carbons (Fsp3) is 0.450. The van der Waals surface area contributed by atoms with Crippen molar-refractivity contribution in [3.63, 3.8) is 0 Å². The zero-order valence-corrected chi connectivity index (χ0v) is 16.3. The van der Waals surface area contributed by atoms with Gasteiger partial charge >= 0.3 is 0 Å². The molecule has 0 fully saturated rings. The highest BCUT2D eigenvalue weighted by molar-refractivity contribution is 5.97. The number of amides is 1. The van der Waals surface area contributed by atoms with Gasteiger partial charge in [-0.2, -0.15) is 0 Å². The van der Waals surface area contributed by atoms with Crippen LogP contribution in [0.5, 0.6) is 5.75 Å². The van der Waals surface area contributed by atoms with E-state index in [0.717, 1.165) is 30.7 Å². The number of phenols is 1. The summed E-state index contributed by atoms with van der Waals surface area (Å²) >= 11 is 0. The van der Waals surface area contributed by atoms with Crippen LogP contribution < -0.4 is 10.2 Å². The number of rotatable bonds is 5. The predicted octanol–water partition coefficient (Wildman–Crippen LogP) is 4.58. The van der Waals surface area contributed by atoms with Crippen LogP contribution in [0, 0.1) is 23.5 Å². The number of hydrogen-bond donors (Lipinski definition) is 2. The molecule has 8 heteroatoms. The van der Waals surface area contributed by atoms with Crippen LogP contribution in [0.15, 0.2) is 18.3 Å². The minimum atomic E-state index is -1.07. The van der Waals surface area contributed by atoms with Crippen molar-refractivity contribution in [3.05, 3.63) is 35.7 Å². The maximum atomic E-state index is 13.6. The van der Waals surface area contributed by atoms with Crippen molar-refractivity contribution in [2.24, 2.45) is 11.8 Å². The summed E-state index contributed by atoms with van der Waals surface area (Å²) < 4.78 is 27.2. The Balaban J connectivity index is 0.00000300. The number of nitrogens with zero attached hydrogens (tertiary/aromatic N) is 3. The molecule has 6 nitrogen and oxygen atoms in total. The first-order chi connectivity index (χ1) is 13.2. The van der Waals surface area contributed by atoms with Gasteiger partial charge in [-0.15, -0.1) is 0 Å². The third-order valence-corrected chi connectivity index (χ3v) is 5.16. The number of phenolic OH excluding ortho intramolecular Hbond substituents is 1. The van der Waals surface area contributed by atoms with Gasteiger partial charge in [0.05, 0.1) is 17.6 Å². The summed E-state index contributed by atoms with van der Waals surface area (Å²) in [7, 11) is 1.69. The Morgan fingerprint density at radius 1 is 1.32 bits per heavy atom. The van der Waals surface area contributed by atoms with Crippen LogP contribution in [0.3, 0.4) is 0 Å². The molecule has 152 valence electrons. The first kappa shape index (κ1) is 20.0. The minimum absolute atomic E-state index is 0. The molecule has 0 spiro atoms. The topological polar surface area (TPSA) is 78.4 Å². The van der Waals surface area contributed by atoms with Crippen molar-refractivity contribution < 1.29 is 20.1 Å². The molecule has 0 aliphatic carbocycles. The van der Waals surface area contributed by atoms with Gasteiger partial charge in [0.2, 0.25) is 11.9 Å². The van der Waals surface area contributed by atoms with Crippen molar-refractivity contribution in [2.75, 3.05) is 17.3 Å². The number of aromatic hydroxyl groups is 1. The normalized spacial score (nSPS) is 19.1. The number of halogens is 2. The Kier molecular flexibility index (Phi) is 5.49. The molecule has 3 rings (SSSR count). The van der Waals surface area contributed by atoms with Crippen molar-refractivity contribution in [3.8, 4) is 5.75 Å². The fourth-order valence-corrected chi connectivity index (χ4v) is 3.48. The number of carbonyl (C=O) groups is 1. The number of benzene rings is 1. The third kappa shape index (κ3) is 3.76. The fourth-order valence-electron chi connectivity index (χ4n) is 3.48. The molecular formula is C20H26F2N4O2. The molecule has 1 aliphatic rings. The average molecular weight is 392 g/mol. The molecule has 1 aromatic heterocycles. The maximum absolute atomic E-state index is 13.6. The monoisotopic (exact) mass is 392 g/mol. The van der Waals surface area contributed by atoms with Crippen molar-refractivity contribution >= 4 is 23.2 Å². The van der Waals surface area contributed by atoms with Crippen LogP contribution in [-0.2, 0) is 4.79 Å². The molecule has 1 aromatic carbocycles. The lowest BCUT2D eigenvalue weighted by molar-refractivity contribution is -0.122. The third-order valence-electron chi connectivity index (χ3n) is 5.16. The summed E-state index contributed by atoms with van der Waals surface area (Å²) in [6.07, 6.45) is 3.31. The zero-order valence-electron chi connectivity index (χ0n) is 16.3. The summed E-state index contributed by atoms with van der Waals surface area (Å²) in [4.78, 5) is 22.9. The lowest BCUT2D eigenvalue weighted by Crippen LogP contribution is -2.40. The summed E-state index contributed by atoms with van der Waals surface area (Å²) in [5, 5.41) is 12.0. The highest BCUT2D eigenvalue weighted by Gasteiger charge is 2.37. The van der Waals surface area contributed by atoms with Crippen molar-refractivity contribution in [1.29, 1.82) is 0 Å². The number of anilines is 3. The van der Waals surface area contributed by atoms with E-state index >= 15 is 0 Å². The summed E-state index contributed by atoms with van der Waals surface area (Å²) in [5.41, 5.74) is 1.47. The van der Waals surface area contributed by atoms with E-state index in [1.807, 2.05) is 6.92 Å². The second-order valence-corrected chi connectivity index (χ2v) is 7.64. The van der Waals surface area contributed by atoms with Crippen LogP contribution in [-0.4, -0.2) is 28.0 Å². The maximum Gasteiger partial charge on any atom is 0.230 e. The molecule has 0 saturated heterocycles. The van der Waals surface area contributed by atoms with Gasteiger partial charge in [0.25, 0.3) is 0 Å². The van der Waals surface area contributed by atoms with E-state index in [-0.39, 0.29) is 30.8 Å². The van der Waals surface area contributed by atoms with E-state index in [4.69, 9.17) is 0 Å². The first-order valence-electron chi connectivity index (χ1n) is 9.28. The number of nitrogens with one attached hydrogen (secondary N) is 1. The van der Waals surface area contributed by atoms with Crippen LogP contribution >= 0.6 is 0 Å². The van der Waals surface area contributed by atoms with Gasteiger partial charge in [0, 0.05) is 38.1 Å². The minimum Gasteiger partial charge on any atom is -0.503 e. The van der Waals surface area contributed by atoms with Gasteiger partial charge in [0.15, 0.2) is 17.4 Å². The Labute approximate surface area is 164 Å². The predicted molar refractivity (Wildman–Crippen MR) is 105 cm³/mol. The quantitative estimate of drug-likeness (QED) is 0.728. The lowest BCUT2D eigenvalue weighted by Gasteiger charge is -2.35. The zero-order chi connectivity index (χ0) is 20.6. The van der Waals surface area contributed by atoms with Gasteiger partial charge in [-0.3, -0.25) is 4.79 Å². The molecule has 2 N–H and O–H groups in total. The van der Waals surface area contributed by atoms with Gasteiger partial charge in [0.1, 0.15) is 0 Å². The molecule has 1 amide bonds. The standard InChI is InChI=1S/C20H24F2N4O2.H2/c1-10(2)5-6-13-11(3)19(28)26(4)16-9-23-20(25-17(13)16)24-12-7-14(21)18(27)15(22)8-12;/h7-11,13,27H,5-6H2,1-4H3,(H,23,24,25);1H. The summed E-state index contributed by atoms with van der Waals surface area (Å²) in [6, 6.07) is 1.94. The number of hydrogen-bond acceptors (Lipinski definition) is 5. The summed E-state index contributed by atoms with van der Waals surface area (Å²) in [6.45, 7) is 6.15. The molecular weight excluding hydrogens is 366 g/mol. The average Bonchev–Trinajstić information content (AvgIpc) is 2.64. The Hall–Kier alpha value is -2.77. The molecule has 28 heavy (non-hydrogen) atoms. The second-order valence-electron chi connectivity index (χ2n) is 7.64. The lowest BCUT2D eigenvalue weighted by atomic mass is 9.81. The molecule has 0 radical (unpaired) electrons. The van der Waals surface area contributed by atoms with E-state index in [2.05, 4.69) is 29.1 Å². The van der Waals surface area contributed by atoms with E-state index in [1.165, 1.54) is 0 Å². The van der Waals surface area contributed by atoms with Crippen LogP contribution in [0.2, 0.25) is 0 Å². The summed E-state index contributed by atoms with van der Waals surface area (Å²) in [5.74, 6) is -2.77. The van der Waals surface area contributed by atoms with Crippen molar-refractivity contribution in [2.45, 2.75) is 39.5 Å². The highest BCUT2D eigenvalue weighted by Crippen LogP contribution is 2.41. The molecule has 2 heterocycles. The van der Waals surface area contributed by atoms with Crippen molar-refractivity contribution in [1.82, 2.24) is 9.97 Å². The number of fused-ring (bicyclic) bond motifs is 1. The molecule has 0 saturated carbocycles. The Morgan fingerprint density at radius 2 is 1.96 bits per heavy atom. The molecule has 1 aliphatic heterocycles. The van der Waals surface area contributed by atoms with Crippen LogP contribution in [0.25, 0.3) is 0 Å². The van der Waals surface area contributed by atoms with E-state index < -0.39 is 17.4 Å². The highest BCUT2D eigenvalue weighted by atomic mass is 19.1. The Bertz CT molecular complexity index is 887.